The minimum absolute atomic E-state index is 0.0178. The third kappa shape index (κ3) is 4.25. The van der Waals surface area contributed by atoms with Crippen molar-refractivity contribution < 1.29 is 46.2 Å². The largest absolute Gasteiger partial charge is 0.508 e. The quantitative estimate of drug-likeness (QED) is 0.0807. The van der Waals surface area contributed by atoms with Crippen LogP contribution in [0.1, 0.15) is 42.4 Å². The van der Waals surface area contributed by atoms with Crippen molar-refractivity contribution in [2.24, 2.45) is 17.8 Å². The molecule has 49 heavy (non-hydrogen) atoms. The van der Waals surface area contributed by atoms with Gasteiger partial charge in [0.05, 0.1) is 17.5 Å². The maximum atomic E-state index is 15.2. The second-order valence-electron chi connectivity index (χ2n) is 12.8. The van der Waals surface area contributed by atoms with E-state index in [4.69, 9.17) is 23.2 Å². The van der Waals surface area contributed by atoms with Gasteiger partial charge in [-0.25, -0.2) is 26.9 Å². The predicted octanol–water partition coefficient (Wildman–Crippen LogP) is 6.73. The highest BCUT2D eigenvalue weighted by Crippen LogP contribution is 2.66. The van der Waals surface area contributed by atoms with E-state index >= 15 is 8.78 Å². The first-order valence-electron chi connectivity index (χ1n) is 15.3. The Labute approximate surface area is 285 Å². The topological polar surface area (TPSA) is 95.0 Å². The van der Waals surface area contributed by atoms with Crippen LogP contribution in [-0.4, -0.2) is 38.5 Å². The molecule has 2 heterocycles. The highest BCUT2D eigenvalue weighted by Gasteiger charge is 2.77. The normalized spacial score (nSPS) is 29.3. The molecule has 254 valence electrons. The molecule has 14 heteroatoms. The lowest BCUT2D eigenvalue weighted by Crippen LogP contribution is -2.60. The molecule has 3 aromatic rings. The number of phenolic OH excluding ortho intramolecular Hbond substituents is 1. The lowest BCUT2D eigenvalue weighted by Gasteiger charge is -2.50. The molecule has 0 spiro atoms. The third-order valence-corrected chi connectivity index (χ3v) is 11.8. The highest BCUT2D eigenvalue weighted by molar-refractivity contribution is 6.58. The number of alkyl halides is 2. The van der Waals surface area contributed by atoms with Crippen molar-refractivity contribution in [3.05, 3.63) is 99.9 Å². The van der Waals surface area contributed by atoms with E-state index < -0.39 is 98.2 Å². The number of carbonyl (C=O) groups excluding carboxylic acids is 4. The van der Waals surface area contributed by atoms with Crippen LogP contribution in [0, 0.1) is 53.8 Å². The van der Waals surface area contributed by atoms with Crippen LogP contribution in [0.4, 0.5) is 33.3 Å². The number of imide groups is 2. The van der Waals surface area contributed by atoms with Crippen molar-refractivity contribution in [3.8, 4) is 5.75 Å². The van der Waals surface area contributed by atoms with Gasteiger partial charge in [-0.05, 0) is 67.0 Å². The second-order valence-corrected chi connectivity index (χ2v) is 14.0. The number of anilines is 2. The molecule has 0 radical (unpaired) electrons. The van der Waals surface area contributed by atoms with E-state index in [1.165, 1.54) is 25.1 Å². The van der Waals surface area contributed by atoms with Crippen molar-refractivity contribution in [1.82, 2.24) is 0 Å². The molecule has 1 saturated carbocycles. The van der Waals surface area contributed by atoms with Gasteiger partial charge in [0, 0.05) is 5.92 Å². The van der Waals surface area contributed by atoms with Crippen LogP contribution in [0.3, 0.4) is 0 Å². The van der Waals surface area contributed by atoms with Gasteiger partial charge >= 0.3 is 0 Å². The molecule has 3 fully saturated rings. The summed E-state index contributed by atoms with van der Waals surface area (Å²) < 4.78 is 73.2. The lowest BCUT2D eigenvalue weighted by molar-refractivity contribution is -0.125. The second kappa shape index (κ2) is 11.1. The molecule has 4 aliphatic rings. The first kappa shape index (κ1) is 33.2. The van der Waals surface area contributed by atoms with Gasteiger partial charge in [-0.3, -0.25) is 24.1 Å². The molecule has 0 bridgehead atoms. The number of carbonyl (C=O) groups is 4. The van der Waals surface area contributed by atoms with Gasteiger partial charge in [-0.15, -0.1) is 23.2 Å². The number of hydrogen-bond acceptors (Lipinski definition) is 5. The number of benzene rings is 3. The Hall–Kier alpha value is -4.29. The monoisotopic (exact) mass is 718 g/mol. The number of hydrogen-bond donors (Lipinski definition) is 1. The van der Waals surface area contributed by atoms with Gasteiger partial charge in [0.25, 0.3) is 11.8 Å². The van der Waals surface area contributed by atoms with E-state index in [-0.39, 0.29) is 22.6 Å². The molecule has 0 aromatic heterocycles. The molecule has 7 rings (SSSR count). The first-order valence-corrected chi connectivity index (χ1v) is 16.1. The molecule has 7 nitrogen and oxygen atoms in total. The SMILES string of the molecule is CCc1ccc(N2C(=O)C3CC=C4C(CC5(Cl)C(=O)N(c6c(F)c(F)c(F)c(F)c6F)C(=O)C5(Cl)C4c4ccc(O)c(C)c4)C3C2=O)cc1. The summed E-state index contributed by atoms with van der Waals surface area (Å²) in [6.45, 7) is 3.47. The molecular weight excluding hydrogens is 694 g/mol. The zero-order chi connectivity index (χ0) is 35.5. The van der Waals surface area contributed by atoms with E-state index in [0.29, 0.717) is 23.2 Å². The third-order valence-electron chi connectivity index (χ3n) is 10.4. The average molecular weight is 719 g/mol. The highest BCUT2D eigenvalue weighted by atomic mass is 35.5. The molecular formula is C35H25Cl2F5N2O5. The van der Waals surface area contributed by atoms with Crippen LogP contribution >= 0.6 is 23.2 Å². The minimum Gasteiger partial charge on any atom is -0.508 e. The number of allylic oxidation sites excluding steroid dienone is 2. The Morgan fingerprint density at radius 2 is 1.43 bits per heavy atom. The number of halogens is 7. The number of rotatable bonds is 4. The van der Waals surface area contributed by atoms with Crippen molar-refractivity contribution in [3.63, 3.8) is 0 Å². The van der Waals surface area contributed by atoms with Crippen molar-refractivity contribution >= 4 is 58.2 Å². The summed E-state index contributed by atoms with van der Waals surface area (Å²) in [5, 5.41) is 10.3. The summed E-state index contributed by atoms with van der Waals surface area (Å²) >= 11 is 14.3. The summed E-state index contributed by atoms with van der Waals surface area (Å²) in [4.78, 5) is 52.1. The smallest absolute Gasteiger partial charge is 0.258 e. The molecule has 1 N–H and O–H groups in total. The lowest BCUT2D eigenvalue weighted by atomic mass is 9.56. The minimum atomic E-state index is -2.63. The van der Waals surface area contributed by atoms with Crippen LogP contribution in [0.2, 0.25) is 0 Å². The summed E-state index contributed by atoms with van der Waals surface area (Å²) in [5.74, 6) is -21.1. The van der Waals surface area contributed by atoms with E-state index in [1.807, 2.05) is 6.92 Å². The number of aryl methyl sites for hydroxylation is 2. The van der Waals surface area contributed by atoms with Gasteiger partial charge < -0.3 is 5.11 Å². The summed E-state index contributed by atoms with van der Waals surface area (Å²) in [6.07, 6.45) is 1.75. The van der Waals surface area contributed by atoms with Crippen LogP contribution in [0.15, 0.2) is 54.1 Å². The number of nitrogens with zero attached hydrogens (tertiary/aromatic N) is 2. The van der Waals surface area contributed by atoms with Crippen molar-refractivity contribution in [2.75, 3.05) is 9.80 Å². The van der Waals surface area contributed by atoms with Gasteiger partial charge in [-0.2, -0.15) is 0 Å². The van der Waals surface area contributed by atoms with E-state index in [9.17, 15) is 37.5 Å². The Balaban J connectivity index is 1.42. The molecule has 2 aliphatic heterocycles. The predicted molar refractivity (Wildman–Crippen MR) is 168 cm³/mol. The number of fused-ring (bicyclic) bond motifs is 4. The van der Waals surface area contributed by atoms with Gasteiger partial charge in [0.15, 0.2) is 33.0 Å². The molecule has 6 atom stereocenters. The number of aromatic hydroxyl groups is 1. The fourth-order valence-electron chi connectivity index (χ4n) is 7.93. The Morgan fingerprint density at radius 1 is 0.816 bits per heavy atom. The summed E-state index contributed by atoms with van der Waals surface area (Å²) in [7, 11) is 0. The molecule has 2 saturated heterocycles. The Kier molecular flexibility index (Phi) is 7.53. The van der Waals surface area contributed by atoms with E-state index in [1.54, 1.807) is 30.3 Å². The average Bonchev–Trinajstić information content (AvgIpc) is 3.42. The molecule has 3 aromatic carbocycles. The summed E-state index contributed by atoms with van der Waals surface area (Å²) in [6, 6.07) is 10.9. The first-order chi connectivity index (χ1) is 23.1. The standard InChI is InChI=1S/C35H25Cl2F5N2O5/c1-3-15-4-7-17(8-5-15)43-30(46)19-10-9-18-20(22(19)31(43)47)13-34(36)32(48)44(29-27(41)25(39)24(38)26(40)28(29)42)33(49)35(34,37)23(18)16-6-11-21(45)14(2)12-16/h4-9,11-12,19-20,22-23,45H,3,10,13H2,1-2H3. The van der Waals surface area contributed by atoms with Gasteiger partial charge in [0.2, 0.25) is 17.6 Å². The van der Waals surface area contributed by atoms with Crippen molar-refractivity contribution in [2.45, 2.75) is 48.8 Å². The number of amides is 4. The Bertz CT molecular complexity index is 2030. The maximum Gasteiger partial charge on any atom is 0.258 e. The van der Waals surface area contributed by atoms with Crippen molar-refractivity contribution in [1.29, 1.82) is 0 Å². The zero-order valence-corrected chi connectivity index (χ0v) is 27.2. The molecule has 4 amide bonds. The van der Waals surface area contributed by atoms with E-state index in [0.717, 1.165) is 10.5 Å². The fourth-order valence-corrected chi connectivity index (χ4v) is 8.87. The van der Waals surface area contributed by atoms with Crippen LogP contribution in [0.5, 0.6) is 5.75 Å². The van der Waals surface area contributed by atoms with E-state index in [2.05, 4.69) is 0 Å². The molecule has 6 unspecified atom stereocenters. The van der Waals surface area contributed by atoms with Crippen LogP contribution < -0.4 is 9.80 Å². The maximum absolute atomic E-state index is 15.2. The van der Waals surface area contributed by atoms with Gasteiger partial charge in [0.1, 0.15) is 11.4 Å². The Morgan fingerprint density at radius 3 is 2.02 bits per heavy atom. The fraction of sp³-hybridized carbons (Fsp3) is 0.314. The number of phenols is 1. The summed E-state index contributed by atoms with van der Waals surface area (Å²) in [5.41, 5.74) is 0.272. The molecule has 2 aliphatic carbocycles. The van der Waals surface area contributed by atoms with Gasteiger partial charge in [-0.1, -0.05) is 42.8 Å². The van der Waals surface area contributed by atoms with Crippen LogP contribution in [-0.2, 0) is 25.6 Å². The zero-order valence-electron chi connectivity index (χ0n) is 25.7. The van der Waals surface area contributed by atoms with Crippen LogP contribution in [0.25, 0.3) is 0 Å².